The molecule has 3 aromatic rings. The number of carbonyl (C=O) groups is 2. The van der Waals surface area contributed by atoms with E-state index in [1.165, 1.54) is 0 Å². The molecule has 0 bridgehead atoms. The van der Waals surface area contributed by atoms with Crippen molar-refractivity contribution in [3.05, 3.63) is 71.8 Å². The van der Waals surface area contributed by atoms with Gasteiger partial charge >= 0.3 is 0 Å². The Kier molecular flexibility index (Phi) is 8.91. The standard InChI is InChI=1S/C29H36N6O3/c1-22-8-5-6-11-25(22)29(37)35(15-14-32(2)3)21-28(36)34-18-16-33(17-19-34)27-13-12-26(30-31-27)23-9-7-10-24(20-23)38-4/h5-13,20H,14-19,21H2,1-4H3. The van der Waals surface area contributed by atoms with Crippen molar-refractivity contribution >= 4 is 17.6 Å². The van der Waals surface area contributed by atoms with E-state index in [-0.39, 0.29) is 18.4 Å². The molecule has 4 rings (SSSR count). The first-order valence-corrected chi connectivity index (χ1v) is 12.9. The van der Waals surface area contributed by atoms with Crippen LogP contribution in [0.2, 0.25) is 0 Å². The maximum absolute atomic E-state index is 13.3. The molecule has 1 aliphatic rings. The second-order valence-corrected chi connectivity index (χ2v) is 9.72. The summed E-state index contributed by atoms with van der Waals surface area (Å²) >= 11 is 0. The van der Waals surface area contributed by atoms with Crippen molar-refractivity contribution < 1.29 is 14.3 Å². The molecule has 0 atom stereocenters. The number of likely N-dealkylation sites (N-methyl/N-ethyl adjacent to an activating group) is 1. The molecule has 38 heavy (non-hydrogen) atoms. The van der Waals surface area contributed by atoms with Gasteiger partial charge in [0.15, 0.2) is 5.82 Å². The minimum atomic E-state index is -0.108. The fourth-order valence-electron chi connectivity index (χ4n) is 4.43. The van der Waals surface area contributed by atoms with Gasteiger partial charge in [0.2, 0.25) is 5.91 Å². The van der Waals surface area contributed by atoms with Crippen LogP contribution in [0.4, 0.5) is 5.82 Å². The van der Waals surface area contributed by atoms with E-state index in [0.29, 0.717) is 44.8 Å². The van der Waals surface area contributed by atoms with Gasteiger partial charge in [0.1, 0.15) is 12.3 Å². The van der Waals surface area contributed by atoms with Gasteiger partial charge in [-0.25, -0.2) is 0 Å². The number of anilines is 1. The monoisotopic (exact) mass is 516 g/mol. The van der Waals surface area contributed by atoms with E-state index in [1.807, 2.05) is 91.5 Å². The minimum Gasteiger partial charge on any atom is -0.497 e. The third-order valence-corrected chi connectivity index (χ3v) is 6.78. The van der Waals surface area contributed by atoms with Gasteiger partial charge in [-0.2, -0.15) is 0 Å². The Morgan fingerprint density at radius 1 is 0.921 bits per heavy atom. The number of methoxy groups -OCH3 is 1. The molecule has 9 heteroatoms. The zero-order valence-electron chi connectivity index (χ0n) is 22.6. The Balaban J connectivity index is 1.36. The number of ether oxygens (including phenoxy) is 1. The van der Waals surface area contributed by atoms with Gasteiger partial charge in [0.05, 0.1) is 12.8 Å². The van der Waals surface area contributed by atoms with Crippen molar-refractivity contribution in [2.24, 2.45) is 0 Å². The second kappa shape index (κ2) is 12.5. The highest BCUT2D eigenvalue weighted by Gasteiger charge is 2.26. The van der Waals surface area contributed by atoms with Gasteiger partial charge in [0, 0.05) is 50.4 Å². The molecule has 0 N–H and O–H groups in total. The molecular formula is C29H36N6O3. The lowest BCUT2D eigenvalue weighted by Crippen LogP contribution is -2.52. The maximum Gasteiger partial charge on any atom is 0.254 e. The summed E-state index contributed by atoms with van der Waals surface area (Å²) in [5, 5.41) is 8.84. The number of hydrogen-bond acceptors (Lipinski definition) is 7. The summed E-state index contributed by atoms with van der Waals surface area (Å²) in [6, 6.07) is 19.2. The SMILES string of the molecule is COc1cccc(-c2ccc(N3CCN(C(=O)CN(CCN(C)C)C(=O)c4ccccc4C)CC3)nn2)c1. The highest BCUT2D eigenvalue weighted by atomic mass is 16.5. The number of aromatic nitrogens is 2. The molecule has 2 amide bonds. The number of amides is 2. The highest BCUT2D eigenvalue weighted by Crippen LogP contribution is 2.23. The van der Waals surface area contributed by atoms with Crippen molar-refractivity contribution in [1.82, 2.24) is 24.9 Å². The first-order chi connectivity index (χ1) is 18.4. The molecule has 1 aromatic heterocycles. The van der Waals surface area contributed by atoms with Crippen molar-refractivity contribution in [3.8, 4) is 17.0 Å². The van der Waals surface area contributed by atoms with E-state index < -0.39 is 0 Å². The maximum atomic E-state index is 13.3. The summed E-state index contributed by atoms with van der Waals surface area (Å²) in [6.07, 6.45) is 0. The molecule has 9 nitrogen and oxygen atoms in total. The molecule has 0 saturated carbocycles. The van der Waals surface area contributed by atoms with Crippen molar-refractivity contribution in [1.29, 1.82) is 0 Å². The Morgan fingerprint density at radius 2 is 1.68 bits per heavy atom. The third-order valence-electron chi connectivity index (χ3n) is 6.78. The molecule has 0 aliphatic carbocycles. The topological polar surface area (TPSA) is 82.1 Å². The van der Waals surface area contributed by atoms with Crippen LogP contribution in [0.1, 0.15) is 15.9 Å². The Bertz CT molecular complexity index is 1240. The normalized spacial score (nSPS) is 13.5. The lowest BCUT2D eigenvalue weighted by Gasteiger charge is -2.36. The molecular weight excluding hydrogens is 480 g/mol. The van der Waals surface area contributed by atoms with E-state index in [2.05, 4.69) is 15.1 Å². The summed E-state index contributed by atoms with van der Waals surface area (Å²) in [4.78, 5) is 34.2. The fourth-order valence-corrected chi connectivity index (χ4v) is 4.43. The Hall–Kier alpha value is -3.98. The average Bonchev–Trinajstić information content (AvgIpc) is 2.95. The predicted molar refractivity (Wildman–Crippen MR) is 148 cm³/mol. The van der Waals surface area contributed by atoms with Crippen LogP contribution in [-0.4, -0.2) is 104 Å². The summed E-state index contributed by atoms with van der Waals surface area (Å²) < 4.78 is 5.30. The van der Waals surface area contributed by atoms with Crippen molar-refractivity contribution in [3.63, 3.8) is 0 Å². The number of piperazine rings is 1. The number of rotatable bonds is 9. The highest BCUT2D eigenvalue weighted by molar-refractivity contribution is 5.97. The van der Waals surface area contributed by atoms with Gasteiger partial charge in [-0.1, -0.05) is 30.3 Å². The van der Waals surface area contributed by atoms with Crippen LogP contribution in [0.15, 0.2) is 60.7 Å². The first kappa shape index (κ1) is 27.1. The molecule has 1 fully saturated rings. The fraction of sp³-hybridized carbons (Fsp3) is 0.379. The van der Waals surface area contributed by atoms with Gasteiger partial charge in [-0.15, -0.1) is 10.2 Å². The molecule has 1 aliphatic heterocycles. The van der Waals surface area contributed by atoms with Crippen LogP contribution < -0.4 is 9.64 Å². The van der Waals surface area contributed by atoms with Gasteiger partial charge in [-0.05, 0) is 56.9 Å². The quantitative estimate of drug-likeness (QED) is 0.433. The number of benzene rings is 2. The van der Waals surface area contributed by atoms with Crippen LogP contribution in [-0.2, 0) is 4.79 Å². The van der Waals surface area contributed by atoms with Crippen molar-refractivity contribution in [2.75, 3.05) is 71.9 Å². The van der Waals surface area contributed by atoms with Gasteiger partial charge in [-0.3, -0.25) is 9.59 Å². The van der Waals surface area contributed by atoms with E-state index >= 15 is 0 Å². The van der Waals surface area contributed by atoms with Gasteiger partial charge < -0.3 is 24.3 Å². The van der Waals surface area contributed by atoms with Crippen LogP contribution in [0.25, 0.3) is 11.3 Å². The Morgan fingerprint density at radius 3 is 2.34 bits per heavy atom. The van der Waals surface area contributed by atoms with Crippen LogP contribution in [0, 0.1) is 6.92 Å². The van der Waals surface area contributed by atoms with E-state index in [0.717, 1.165) is 28.4 Å². The van der Waals surface area contributed by atoms with Crippen molar-refractivity contribution in [2.45, 2.75) is 6.92 Å². The van der Waals surface area contributed by atoms with Crippen LogP contribution in [0.3, 0.4) is 0 Å². The minimum absolute atomic E-state index is 0.0372. The molecule has 0 spiro atoms. The lowest BCUT2D eigenvalue weighted by atomic mass is 10.1. The molecule has 1 saturated heterocycles. The Labute approximate surface area is 224 Å². The first-order valence-electron chi connectivity index (χ1n) is 12.9. The van der Waals surface area contributed by atoms with E-state index in [1.54, 1.807) is 12.0 Å². The van der Waals surface area contributed by atoms with E-state index in [9.17, 15) is 9.59 Å². The lowest BCUT2D eigenvalue weighted by molar-refractivity contribution is -0.132. The smallest absolute Gasteiger partial charge is 0.254 e. The summed E-state index contributed by atoms with van der Waals surface area (Å²) in [5.41, 5.74) is 3.27. The summed E-state index contributed by atoms with van der Waals surface area (Å²) in [5.74, 6) is 1.41. The molecule has 2 heterocycles. The third kappa shape index (κ3) is 6.66. The largest absolute Gasteiger partial charge is 0.497 e. The van der Waals surface area contributed by atoms with E-state index in [4.69, 9.17) is 4.74 Å². The van der Waals surface area contributed by atoms with Gasteiger partial charge in [0.25, 0.3) is 5.91 Å². The number of aryl methyl sites for hydroxylation is 1. The molecule has 0 radical (unpaired) electrons. The van der Waals surface area contributed by atoms with Crippen LogP contribution >= 0.6 is 0 Å². The second-order valence-electron chi connectivity index (χ2n) is 9.72. The zero-order valence-corrected chi connectivity index (χ0v) is 22.6. The zero-order chi connectivity index (χ0) is 27.1. The molecule has 200 valence electrons. The molecule has 0 unspecified atom stereocenters. The summed E-state index contributed by atoms with van der Waals surface area (Å²) in [6.45, 7) is 5.60. The number of hydrogen-bond donors (Lipinski definition) is 0. The predicted octanol–water partition coefficient (Wildman–Crippen LogP) is 2.81. The number of nitrogens with zero attached hydrogens (tertiary/aromatic N) is 6. The van der Waals surface area contributed by atoms with Crippen LogP contribution in [0.5, 0.6) is 5.75 Å². The number of carbonyl (C=O) groups excluding carboxylic acids is 2. The molecule has 2 aromatic carbocycles. The average molecular weight is 517 g/mol. The summed E-state index contributed by atoms with van der Waals surface area (Å²) in [7, 11) is 5.56.